The number of benzene rings is 2. The molecule has 2 aromatic carbocycles. The van der Waals surface area contributed by atoms with E-state index in [0.29, 0.717) is 0 Å². The molecule has 0 spiro atoms. The zero-order valence-electron chi connectivity index (χ0n) is 13.8. The summed E-state index contributed by atoms with van der Waals surface area (Å²) in [6, 6.07) is 9.25. The summed E-state index contributed by atoms with van der Waals surface area (Å²) >= 11 is 0. The van der Waals surface area contributed by atoms with Crippen LogP contribution < -0.4 is 5.32 Å². The predicted molar refractivity (Wildman–Crippen MR) is 88.0 cm³/mol. The number of nitro benzene ring substituents is 1. The number of ether oxygens (including phenoxy) is 1. The van der Waals surface area contributed by atoms with E-state index in [1.807, 2.05) is 5.32 Å². The van der Waals surface area contributed by atoms with Gasteiger partial charge in [-0.1, -0.05) is 24.3 Å². The number of halogens is 3. The maximum atomic E-state index is 13.0. The molecule has 142 valence electrons. The number of hydrogen-bond donors (Lipinski definition) is 1. The first-order valence-electron chi connectivity index (χ1n) is 7.52. The van der Waals surface area contributed by atoms with Crippen LogP contribution in [0.4, 0.5) is 24.5 Å². The minimum Gasteiger partial charge on any atom is -0.449 e. The second-order valence-electron chi connectivity index (χ2n) is 5.35. The monoisotopic (exact) mass is 382 g/mol. The molecular formula is C17H13F3N2O5. The average Bonchev–Trinajstić information content (AvgIpc) is 2.61. The highest BCUT2D eigenvalue weighted by Gasteiger charge is 2.34. The molecule has 0 aromatic heterocycles. The third-order valence-corrected chi connectivity index (χ3v) is 3.46. The number of nitrogens with one attached hydrogen (secondary N) is 1. The average molecular weight is 382 g/mol. The van der Waals surface area contributed by atoms with Gasteiger partial charge in [0.05, 0.1) is 16.2 Å². The SMILES string of the molecule is CC(OC(=O)c1ccccc1[N+](=O)[O-])C(=O)Nc1ccccc1C(F)(F)F. The second-order valence-corrected chi connectivity index (χ2v) is 5.35. The number of carbonyl (C=O) groups excluding carboxylic acids is 2. The molecule has 1 unspecified atom stereocenters. The van der Waals surface area contributed by atoms with Crippen LogP contribution >= 0.6 is 0 Å². The molecule has 0 fully saturated rings. The number of para-hydroxylation sites is 2. The van der Waals surface area contributed by atoms with Gasteiger partial charge in [0.2, 0.25) is 0 Å². The Morgan fingerprint density at radius 1 is 1.11 bits per heavy atom. The molecule has 0 aliphatic carbocycles. The molecular weight excluding hydrogens is 369 g/mol. The van der Waals surface area contributed by atoms with Gasteiger partial charge in [0.15, 0.2) is 6.10 Å². The van der Waals surface area contributed by atoms with Crippen LogP contribution in [0.15, 0.2) is 48.5 Å². The standard InChI is InChI=1S/C17H13F3N2O5/c1-10(27-16(24)11-6-2-5-9-14(11)22(25)26)15(23)21-13-8-4-3-7-12(13)17(18,19)20/h2-10H,1H3,(H,21,23). The molecule has 1 N–H and O–H groups in total. The third kappa shape index (κ3) is 4.81. The van der Waals surface area contributed by atoms with Gasteiger partial charge in [0.1, 0.15) is 5.56 Å². The fraction of sp³-hybridized carbons (Fsp3) is 0.176. The molecule has 7 nitrogen and oxygen atoms in total. The summed E-state index contributed by atoms with van der Waals surface area (Å²) in [5, 5.41) is 13.0. The van der Waals surface area contributed by atoms with E-state index in [-0.39, 0.29) is 5.56 Å². The Hall–Kier alpha value is -3.43. The number of rotatable bonds is 5. The number of esters is 1. The maximum absolute atomic E-state index is 13.0. The Morgan fingerprint density at radius 2 is 1.70 bits per heavy atom. The van der Waals surface area contributed by atoms with Gasteiger partial charge in [0, 0.05) is 6.07 Å². The number of anilines is 1. The zero-order valence-corrected chi connectivity index (χ0v) is 13.8. The summed E-state index contributed by atoms with van der Waals surface area (Å²) in [6.07, 6.45) is -6.17. The normalized spacial score (nSPS) is 12.1. The molecule has 0 aliphatic heterocycles. The largest absolute Gasteiger partial charge is 0.449 e. The van der Waals surface area contributed by atoms with Crippen LogP contribution in [-0.2, 0) is 15.7 Å². The van der Waals surface area contributed by atoms with Crippen LogP contribution in [0.3, 0.4) is 0 Å². The van der Waals surface area contributed by atoms with Crippen molar-refractivity contribution < 1.29 is 32.4 Å². The highest BCUT2D eigenvalue weighted by Crippen LogP contribution is 2.34. The van der Waals surface area contributed by atoms with E-state index in [2.05, 4.69) is 0 Å². The van der Waals surface area contributed by atoms with E-state index in [4.69, 9.17) is 4.74 Å². The molecule has 0 saturated carbocycles. The quantitative estimate of drug-likeness (QED) is 0.482. The zero-order chi connectivity index (χ0) is 20.2. The van der Waals surface area contributed by atoms with Crippen molar-refractivity contribution in [2.24, 2.45) is 0 Å². The molecule has 10 heteroatoms. The summed E-state index contributed by atoms with van der Waals surface area (Å²) in [4.78, 5) is 34.3. The fourth-order valence-electron chi connectivity index (χ4n) is 2.16. The highest BCUT2D eigenvalue weighted by atomic mass is 19.4. The van der Waals surface area contributed by atoms with Gasteiger partial charge in [-0.2, -0.15) is 13.2 Å². The second kappa shape index (κ2) is 7.85. The highest BCUT2D eigenvalue weighted by molar-refractivity contribution is 5.99. The van der Waals surface area contributed by atoms with E-state index >= 15 is 0 Å². The van der Waals surface area contributed by atoms with Crippen molar-refractivity contribution in [3.63, 3.8) is 0 Å². The van der Waals surface area contributed by atoms with Crippen molar-refractivity contribution in [3.8, 4) is 0 Å². The smallest absolute Gasteiger partial charge is 0.418 e. The van der Waals surface area contributed by atoms with Crippen LogP contribution in [0, 0.1) is 10.1 Å². The molecule has 1 atom stereocenters. The van der Waals surface area contributed by atoms with E-state index < -0.39 is 46.0 Å². The van der Waals surface area contributed by atoms with Crippen molar-refractivity contribution in [2.45, 2.75) is 19.2 Å². The lowest BCUT2D eigenvalue weighted by atomic mass is 10.1. The fourth-order valence-corrected chi connectivity index (χ4v) is 2.16. The lowest BCUT2D eigenvalue weighted by molar-refractivity contribution is -0.385. The van der Waals surface area contributed by atoms with Gasteiger partial charge in [-0.05, 0) is 25.1 Å². The lowest BCUT2D eigenvalue weighted by Gasteiger charge is -2.16. The van der Waals surface area contributed by atoms with E-state index in [1.165, 1.54) is 18.2 Å². The molecule has 0 saturated heterocycles. The molecule has 2 aromatic rings. The summed E-state index contributed by atoms with van der Waals surface area (Å²) in [7, 11) is 0. The topological polar surface area (TPSA) is 98.5 Å². The summed E-state index contributed by atoms with van der Waals surface area (Å²) < 4.78 is 43.7. The van der Waals surface area contributed by atoms with E-state index in [0.717, 1.165) is 37.3 Å². The van der Waals surface area contributed by atoms with Crippen molar-refractivity contribution in [3.05, 3.63) is 69.8 Å². The van der Waals surface area contributed by atoms with Crippen molar-refractivity contribution in [2.75, 3.05) is 5.32 Å². The van der Waals surface area contributed by atoms with Gasteiger partial charge in [-0.25, -0.2) is 4.79 Å². The number of nitrogens with zero attached hydrogens (tertiary/aromatic N) is 1. The third-order valence-electron chi connectivity index (χ3n) is 3.46. The van der Waals surface area contributed by atoms with Crippen LogP contribution in [0.5, 0.6) is 0 Å². The van der Waals surface area contributed by atoms with E-state index in [9.17, 15) is 32.9 Å². The first-order chi connectivity index (χ1) is 12.6. The van der Waals surface area contributed by atoms with Gasteiger partial charge in [0.25, 0.3) is 11.6 Å². The number of nitro groups is 1. The molecule has 1 amide bonds. The van der Waals surface area contributed by atoms with Gasteiger partial charge >= 0.3 is 12.1 Å². The van der Waals surface area contributed by atoms with Crippen LogP contribution in [0.2, 0.25) is 0 Å². The Labute approximate surface area is 150 Å². The van der Waals surface area contributed by atoms with Crippen molar-refractivity contribution in [1.82, 2.24) is 0 Å². The Balaban J connectivity index is 2.14. The minimum atomic E-state index is -4.69. The molecule has 0 aliphatic rings. The van der Waals surface area contributed by atoms with Crippen molar-refractivity contribution >= 4 is 23.3 Å². The van der Waals surface area contributed by atoms with Gasteiger partial charge < -0.3 is 10.1 Å². The Kier molecular flexibility index (Phi) is 5.78. The molecule has 2 rings (SSSR count). The summed E-state index contributed by atoms with van der Waals surface area (Å²) in [6.45, 7) is 1.14. The number of hydrogen-bond acceptors (Lipinski definition) is 5. The van der Waals surface area contributed by atoms with E-state index in [1.54, 1.807) is 0 Å². The van der Waals surface area contributed by atoms with Crippen LogP contribution in [0.1, 0.15) is 22.8 Å². The first kappa shape index (κ1) is 19.9. The number of alkyl halides is 3. The summed E-state index contributed by atoms with van der Waals surface area (Å²) in [5.74, 6) is -2.16. The Bertz CT molecular complexity index is 883. The van der Waals surface area contributed by atoms with Gasteiger partial charge in [-0.15, -0.1) is 0 Å². The molecule has 0 radical (unpaired) electrons. The molecule has 0 bridgehead atoms. The maximum Gasteiger partial charge on any atom is 0.418 e. The first-order valence-corrected chi connectivity index (χ1v) is 7.52. The summed E-state index contributed by atoms with van der Waals surface area (Å²) in [5.41, 5.74) is -2.45. The van der Waals surface area contributed by atoms with Crippen LogP contribution in [0.25, 0.3) is 0 Å². The predicted octanol–water partition coefficient (Wildman–Crippen LogP) is 3.80. The van der Waals surface area contributed by atoms with Gasteiger partial charge in [-0.3, -0.25) is 14.9 Å². The number of carbonyl (C=O) groups is 2. The Morgan fingerprint density at radius 3 is 2.33 bits per heavy atom. The number of amides is 1. The van der Waals surface area contributed by atoms with Crippen LogP contribution in [-0.4, -0.2) is 22.9 Å². The lowest BCUT2D eigenvalue weighted by Crippen LogP contribution is -2.31. The molecule has 0 heterocycles. The van der Waals surface area contributed by atoms with Crippen molar-refractivity contribution in [1.29, 1.82) is 0 Å². The molecule has 27 heavy (non-hydrogen) atoms. The minimum absolute atomic E-state index is 0.377.